The molecule has 2 aromatic rings. The van der Waals surface area contributed by atoms with Crippen molar-refractivity contribution in [3.63, 3.8) is 0 Å². The molecule has 0 aliphatic carbocycles. The Morgan fingerprint density at radius 3 is 2.53 bits per heavy atom. The van der Waals surface area contributed by atoms with Crippen LogP contribution in [-0.2, 0) is 11.3 Å². The summed E-state index contributed by atoms with van der Waals surface area (Å²) in [7, 11) is 3.46. The Morgan fingerprint density at radius 1 is 1.13 bits per heavy atom. The molecule has 0 spiro atoms. The number of para-hydroxylation sites is 1. The van der Waals surface area contributed by atoms with Crippen LogP contribution in [0.2, 0.25) is 5.02 Å². The minimum atomic E-state index is 0. The van der Waals surface area contributed by atoms with E-state index >= 15 is 0 Å². The summed E-state index contributed by atoms with van der Waals surface area (Å²) < 4.78 is 10.5. The van der Waals surface area contributed by atoms with E-state index in [-0.39, 0.29) is 24.0 Å². The molecule has 0 saturated carbocycles. The molecule has 0 atom stereocenters. The summed E-state index contributed by atoms with van der Waals surface area (Å²) >= 11 is 6.34. The molecule has 0 radical (unpaired) electrons. The van der Waals surface area contributed by atoms with Crippen LogP contribution in [0.1, 0.15) is 5.56 Å². The summed E-state index contributed by atoms with van der Waals surface area (Å²) in [4.78, 5) is 13.4. The normalized spacial score (nSPS) is 14.3. The molecule has 2 heterocycles. The monoisotopic (exact) mass is 545 g/mol. The van der Waals surface area contributed by atoms with Gasteiger partial charge in [0.15, 0.2) is 5.96 Å². The minimum Gasteiger partial charge on any atom is -0.475 e. The van der Waals surface area contributed by atoms with Crippen molar-refractivity contribution in [2.45, 2.75) is 6.54 Å². The van der Waals surface area contributed by atoms with Crippen molar-refractivity contribution in [2.75, 3.05) is 58.5 Å². The lowest BCUT2D eigenvalue weighted by Crippen LogP contribution is -2.52. The van der Waals surface area contributed by atoms with Gasteiger partial charge in [-0.25, -0.2) is 4.98 Å². The van der Waals surface area contributed by atoms with Crippen LogP contribution in [0, 0.1) is 0 Å². The van der Waals surface area contributed by atoms with Gasteiger partial charge in [0.1, 0.15) is 6.61 Å². The zero-order valence-electron chi connectivity index (χ0n) is 17.4. The van der Waals surface area contributed by atoms with E-state index in [1.54, 1.807) is 7.11 Å². The lowest BCUT2D eigenvalue weighted by Gasteiger charge is -2.38. The van der Waals surface area contributed by atoms with E-state index in [1.807, 2.05) is 43.6 Å². The number of nitrogens with one attached hydrogen (secondary N) is 1. The van der Waals surface area contributed by atoms with Crippen LogP contribution in [0.15, 0.2) is 47.6 Å². The van der Waals surface area contributed by atoms with Crippen LogP contribution in [0.4, 0.5) is 5.69 Å². The number of pyridine rings is 1. The topological polar surface area (TPSA) is 62.2 Å². The third kappa shape index (κ3) is 6.88. The molecule has 164 valence electrons. The number of aromatic nitrogens is 1. The highest BCUT2D eigenvalue weighted by Gasteiger charge is 2.20. The smallest absolute Gasteiger partial charge is 0.213 e. The predicted octanol–water partition coefficient (Wildman–Crippen LogP) is 3.28. The van der Waals surface area contributed by atoms with E-state index in [0.29, 0.717) is 25.6 Å². The van der Waals surface area contributed by atoms with E-state index in [4.69, 9.17) is 21.1 Å². The second-order valence-electron chi connectivity index (χ2n) is 6.67. The number of halogens is 2. The molecule has 1 aromatic carbocycles. The number of benzene rings is 1. The number of rotatable bonds is 7. The highest BCUT2D eigenvalue weighted by atomic mass is 127. The maximum atomic E-state index is 6.34. The predicted molar refractivity (Wildman–Crippen MR) is 132 cm³/mol. The SMILES string of the molecule is CN=C(NCc1ccc(OCCOC)nc1)N1CCN(c2ccccc2Cl)CC1.I. The fourth-order valence-electron chi connectivity index (χ4n) is 3.21. The van der Waals surface area contributed by atoms with Gasteiger partial charge in [-0.1, -0.05) is 29.8 Å². The first-order valence-electron chi connectivity index (χ1n) is 9.73. The average Bonchev–Trinajstić information content (AvgIpc) is 2.76. The van der Waals surface area contributed by atoms with E-state index in [2.05, 4.69) is 31.2 Å². The first-order chi connectivity index (χ1) is 14.2. The lowest BCUT2D eigenvalue weighted by molar-refractivity contribution is 0.143. The molecular formula is C21H29ClIN5O2. The van der Waals surface area contributed by atoms with Gasteiger partial charge in [-0.3, -0.25) is 4.99 Å². The Bertz CT molecular complexity index is 798. The van der Waals surface area contributed by atoms with Gasteiger partial charge >= 0.3 is 0 Å². The van der Waals surface area contributed by atoms with E-state index in [0.717, 1.165) is 48.4 Å². The van der Waals surface area contributed by atoms with Crippen LogP contribution in [-0.4, -0.2) is 69.4 Å². The molecule has 0 bridgehead atoms. The van der Waals surface area contributed by atoms with Gasteiger partial charge in [0.05, 0.1) is 17.3 Å². The van der Waals surface area contributed by atoms with Crippen LogP contribution >= 0.6 is 35.6 Å². The summed E-state index contributed by atoms with van der Waals surface area (Å²) in [6, 6.07) is 11.9. The van der Waals surface area contributed by atoms with Gasteiger partial charge < -0.3 is 24.6 Å². The number of anilines is 1. The molecule has 9 heteroatoms. The second kappa shape index (κ2) is 12.8. The number of ether oxygens (including phenoxy) is 2. The van der Waals surface area contributed by atoms with Gasteiger partial charge in [-0.15, -0.1) is 24.0 Å². The first kappa shape index (κ1) is 24.5. The molecule has 1 N–H and O–H groups in total. The maximum absolute atomic E-state index is 6.34. The molecule has 3 rings (SSSR count). The summed E-state index contributed by atoms with van der Waals surface area (Å²) in [5.74, 6) is 1.50. The molecule has 1 saturated heterocycles. The quantitative estimate of drug-likeness (QED) is 0.249. The van der Waals surface area contributed by atoms with Gasteiger partial charge in [-0.2, -0.15) is 0 Å². The molecule has 1 aliphatic heterocycles. The first-order valence-corrected chi connectivity index (χ1v) is 10.1. The zero-order valence-corrected chi connectivity index (χ0v) is 20.5. The Labute approximate surface area is 200 Å². The number of nitrogens with zero attached hydrogens (tertiary/aromatic N) is 4. The number of hydrogen-bond donors (Lipinski definition) is 1. The molecule has 1 aromatic heterocycles. The third-order valence-corrected chi connectivity index (χ3v) is 5.09. The fourth-order valence-corrected chi connectivity index (χ4v) is 3.47. The summed E-state index contributed by atoms with van der Waals surface area (Å²) in [5.41, 5.74) is 2.16. The Morgan fingerprint density at radius 2 is 1.90 bits per heavy atom. The van der Waals surface area contributed by atoms with Crippen molar-refractivity contribution in [3.8, 4) is 5.88 Å². The number of aliphatic imine (C=N–C) groups is 1. The summed E-state index contributed by atoms with van der Waals surface area (Å²) in [5, 5.41) is 4.22. The van der Waals surface area contributed by atoms with Crippen molar-refractivity contribution in [2.24, 2.45) is 4.99 Å². The van der Waals surface area contributed by atoms with Gasteiger partial charge in [0.2, 0.25) is 5.88 Å². The maximum Gasteiger partial charge on any atom is 0.213 e. The van der Waals surface area contributed by atoms with Crippen LogP contribution in [0.3, 0.4) is 0 Å². The summed E-state index contributed by atoms with van der Waals surface area (Å²) in [6.07, 6.45) is 1.82. The van der Waals surface area contributed by atoms with Crippen LogP contribution in [0.5, 0.6) is 5.88 Å². The molecule has 0 amide bonds. The molecule has 30 heavy (non-hydrogen) atoms. The Kier molecular flexibility index (Phi) is 10.5. The number of hydrogen-bond acceptors (Lipinski definition) is 5. The largest absolute Gasteiger partial charge is 0.475 e. The van der Waals surface area contributed by atoms with Gasteiger partial charge in [0.25, 0.3) is 0 Å². The van der Waals surface area contributed by atoms with Gasteiger partial charge in [-0.05, 0) is 17.7 Å². The molecule has 1 aliphatic rings. The lowest BCUT2D eigenvalue weighted by atomic mass is 10.2. The van der Waals surface area contributed by atoms with E-state index in [1.165, 1.54) is 0 Å². The Balaban J connectivity index is 0.00000320. The molecule has 1 fully saturated rings. The van der Waals surface area contributed by atoms with Crippen LogP contribution < -0.4 is 15.0 Å². The van der Waals surface area contributed by atoms with Crippen molar-refractivity contribution < 1.29 is 9.47 Å². The zero-order chi connectivity index (χ0) is 20.5. The molecule has 0 unspecified atom stereocenters. The van der Waals surface area contributed by atoms with Gasteiger partial charge in [0, 0.05) is 59.1 Å². The highest BCUT2D eigenvalue weighted by molar-refractivity contribution is 14.0. The third-order valence-electron chi connectivity index (χ3n) is 4.77. The van der Waals surface area contributed by atoms with Crippen molar-refractivity contribution >= 4 is 47.2 Å². The Hall–Kier alpha value is -1.78. The molecule has 7 nitrogen and oxygen atoms in total. The number of methoxy groups -OCH3 is 1. The standard InChI is InChI=1S/C21H28ClN5O2.HI/c1-23-21(25-16-17-7-8-20(24-15-17)29-14-13-28-2)27-11-9-26(10-12-27)19-6-4-3-5-18(19)22;/h3-8,15H,9-14,16H2,1-2H3,(H,23,25);1H. The van der Waals surface area contributed by atoms with Crippen molar-refractivity contribution in [1.29, 1.82) is 0 Å². The number of piperazine rings is 1. The summed E-state index contributed by atoms with van der Waals surface area (Å²) in [6.45, 7) is 5.27. The average molecular weight is 546 g/mol. The highest BCUT2D eigenvalue weighted by Crippen LogP contribution is 2.26. The van der Waals surface area contributed by atoms with Crippen molar-refractivity contribution in [3.05, 3.63) is 53.2 Å². The number of guanidine groups is 1. The molecular weight excluding hydrogens is 517 g/mol. The van der Waals surface area contributed by atoms with Crippen LogP contribution in [0.25, 0.3) is 0 Å². The fraction of sp³-hybridized carbons (Fsp3) is 0.429. The minimum absolute atomic E-state index is 0. The second-order valence-corrected chi connectivity index (χ2v) is 7.08. The van der Waals surface area contributed by atoms with Crippen molar-refractivity contribution in [1.82, 2.24) is 15.2 Å². The van der Waals surface area contributed by atoms with E-state index < -0.39 is 0 Å². The van der Waals surface area contributed by atoms with E-state index in [9.17, 15) is 0 Å².